The molecule has 0 bridgehead atoms. The molecule has 0 saturated carbocycles. The minimum absolute atomic E-state index is 0.485. The zero-order valence-electron chi connectivity index (χ0n) is 9.90. The molecule has 0 saturated heterocycles. The topological polar surface area (TPSA) is 33.1 Å². The number of hydrogen-bond acceptors (Lipinski definition) is 2. The molecule has 2 aromatic rings. The molecule has 4 heteroatoms. The Morgan fingerprint density at radius 1 is 1.39 bits per heavy atom. The van der Waals surface area contributed by atoms with Gasteiger partial charge in [0.15, 0.2) is 0 Å². The Bertz CT molecular complexity index is 559. The Kier molecular flexibility index (Phi) is 4.38. The number of nitrogens with zero attached hydrogens (tertiary/aromatic N) is 1. The first-order valence-electron chi connectivity index (χ1n) is 5.61. The van der Waals surface area contributed by atoms with Crippen LogP contribution < -0.4 is 0 Å². The number of halogens is 2. The van der Waals surface area contributed by atoms with E-state index in [1.807, 2.05) is 37.3 Å². The largest absolute Gasteiger partial charge is 0.388 e. The molecule has 2 rings (SSSR count). The van der Waals surface area contributed by atoms with Crippen molar-refractivity contribution in [1.82, 2.24) is 4.98 Å². The van der Waals surface area contributed by atoms with Crippen molar-refractivity contribution >= 4 is 27.5 Å². The van der Waals surface area contributed by atoms with E-state index in [1.54, 1.807) is 6.20 Å². The molecule has 1 N–H and O–H groups in total. The fourth-order valence-corrected chi connectivity index (χ4v) is 2.60. The predicted octanol–water partition coefficient (Wildman–Crippen LogP) is 4.08. The van der Waals surface area contributed by atoms with Crippen LogP contribution in [0.15, 0.2) is 41.0 Å². The molecule has 1 unspecified atom stereocenters. The Hall–Kier alpha value is -0.900. The predicted molar refractivity (Wildman–Crippen MR) is 76.8 cm³/mol. The average Bonchev–Trinajstić information content (AvgIpc) is 2.33. The first-order valence-corrected chi connectivity index (χ1v) is 6.78. The van der Waals surface area contributed by atoms with Crippen LogP contribution in [0.4, 0.5) is 0 Å². The molecule has 1 aromatic carbocycles. The maximum absolute atomic E-state index is 10.2. The molecule has 94 valence electrons. The number of rotatable bonds is 3. The normalized spacial score (nSPS) is 12.4. The number of aryl methyl sites for hydroxylation is 1. The van der Waals surface area contributed by atoms with Crippen LogP contribution in [-0.4, -0.2) is 10.1 Å². The zero-order valence-corrected chi connectivity index (χ0v) is 12.2. The highest BCUT2D eigenvalue weighted by atomic mass is 79.9. The molecule has 0 radical (unpaired) electrons. The second-order valence-corrected chi connectivity index (χ2v) is 5.46. The molecule has 2 nitrogen and oxygen atoms in total. The molecule has 18 heavy (non-hydrogen) atoms. The van der Waals surface area contributed by atoms with E-state index < -0.39 is 6.10 Å². The monoisotopic (exact) mass is 325 g/mol. The lowest BCUT2D eigenvalue weighted by molar-refractivity contribution is 0.177. The lowest BCUT2D eigenvalue weighted by atomic mass is 10.0. The van der Waals surface area contributed by atoms with Gasteiger partial charge in [-0.15, -0.1) is 0 Å². The van der Waals surface area contributed by atoms with Gasteiger partial charge in [-0.1, -0.05) is 39.7 Å². The SMILES string of the molecule is Cc1ncccc1C(O)Cc1ccc(Br)cc1Cl. The van der Waals surface area contributed by atoms with Gasteiger partial charge in [-0.25, -0.2) is 0 Å². The van der Waals surface area contributed by atoms with E-state index in [0.717, 1.165) is 21.3 Å². The minimum Gasteiger partial charge on any atom is -0.388 e. The third-order valence-electron chi connectivity index (χ3n) is 2.84. The van der Waals surface area contributed by atoms with Crippen molar-refractivity contribution in [3.63, 3.8) is 0 Å². The Balaban J connectivity index is 2.21. The van der Waals surface area contributed by atoms with Crippen LogP contribution in [0.2, 0.25) is 5.02 Å². The van der Waals surface area contributed by atoms with Gasteiger partial charge in [-0.05, 0) is 30.7 Å². The Morgan fingerprint density at radius 2 is 2.17 bits per heavy atom. The summed E-state index contributed by atoms with van der Waals surface area (Å²) in [5.74, 6) is 0. The summed E-state index contributed by atoms with van der Waals surface area (Å²) in [5.41, 5.74) is 2.62. The quantitative estimate of drug-likeness (QED) is 0.922. The molecule has 0 amide bonds. The van der Waals surface area contributed by atoms with Crippen molar-refractivity contribution < 1.29 is 5.11 Å². The minimum atomic E-state index is -0.586. The van der Waals surface area contributed by atoms with Crippen molar-refractivity contribution in [2.24, 2.45) is 0 Å². The number of benzene rings is 1. The highest BCUT2D eigenvalue weighted by Gasteiger charge is 2.13. The van der Waals surface area contributed by atoms with Gasteiger partial charge < -0.3 is 5.11 Å². The molecule has 0 aliphatic rings. The molecule has 0 fully saturated rings. The smallest absolute Gasteiger partial charge is 0.0848 e. The van der Waals surface area contributed by atoms with Gasteiger partial charge in [0.1, 0.15) is 0 Å². The second-order valence-electron chi connectivity index (χ2n) is 4.13. The van der Waals surface area contributed by atoms with Crippen molar-refractivity contribution in [1.29, 1.82) is 0 Å². The summed E-state index contributed by atoms with van der Waals surface area (Å²) >= 11 is 9.51. The lowest BCUT2D eigenvalue weighted by Gasteiger charge is -2.14. The number of aliphatic hydroxyl groups is 1. The maximum Gasteiger partial charge on any atom is 0.0848 e. The number of aromatic nitrogens is 1. The van der Waals surface area contributed by atoms with E-state index in [-0.39, 0.29) is 0 Å². The Labute approximate surface area is 120 Å². The van der Waals surface area contributed by atoms with Gasteiger partial charge in [-0.2, -0.15) is 0 Å². The molecular formula is C14H13BrClNO. The van der Waals surface area contributed by atoms with Crippen LogP contribution in [0.3, 0.4) is 0 Å². The second kappa shape index (κ2) is 5.83. The fraction of sp³-hybridized carbons (Fsp3) is 0.214. The third kappa shape index (κ3) is 3.10. The summed E-state index contributed by atoms with van der Waals surface area (Å²) in [6, 6.07) is 9.39. The van der Waals surface area contributed by atoms with Crippen molar-refractivity contribution in [2.45, 2.75) is 19.4 Å². The van der Waals surface area contributed by atoms with E-state index in [1.165, 1.54) is 0 Å². The van der Waals surface area contributed by atoms with Gasteiger partial charge in [0.2, 0.25) is 0 Å². The summed E-state index contributed by atoms with van der Waals surface area (Å²) in [7, 11) is 0. The van der Waals surface area contributed by atoms with Gasteiger partial charge >= 0.3 is 0 Å². The standard InChI is InChI=1S/C14H13BrClNO/c1-9-12(3-2-6-17-9)14(18)7-10-4-5-11(15)8-13(10)16/h2-6,8,14,18H,7H2,1H3. The van der Waals surface area contributed by atoms with Crippen molar-refractivity contribution in [2.75, 3.05) is 0 Å². The first kappa shape index (κ1) is 13.5. The first-order chi connectivity index (χ1) is 8.58. The summed E-state index contributed by atoms with van der Waals surface area (Å²) in [4.78, 5) is 4.18. The van der Waals surface area contributed by atoms with Crippen molar-refractivity contribution in [3.8, 4) is 0 Å². The molecule has 1 aromatic heterocycles. The van der Waals surface area contributed by atoms with E-state index in [4.69, 9.17) is 11.6 Å². The molecule has 0 aliphatic carbocycles. The highest BCUT2D eigenvalue weighted by molar-refractivity contribution is 9.10. The van der Waals surface area contributed by atoms with E-state index in [2.05, 4.69) is 20.9 Å². The zero-order chi connectivity index (χ0) is 13.1. The molecule has 1 heterocycles. The van der Waals surface area contributed by atoms with E-state index >= 15 is 0 Å². The summed E-state index contributed by atoms with van der Waals surface area (Å²) in [6.45, 7) is 1.89. The molecular weight excluding hydrogens is 314 g/mol. The maximum atomic E-state index is 10.2. The van der Waals surface area contributed by atoms with Crippen LogP contribution in [-0.2, 0) is 6.42 Å². The molecule has 0 spiro atoms. The number of aliphatic hydroxyl groups excluding tert-OH is 1. The van der Waals surface area contributed by atoms with Crippen LogP contribution in [0.5, 0.6) is 0 Å². The van der Waals surface area contributed by atoms with Gasteiger partial charge in [-0.3, -0.25) is 4.98 Å². The van der Waals surface area contributed by atoms with E-state index in [0.29, 0.717) is 11.4 Å². The van der Waals surface area contributed by atoms with Gasteiger partial charge in [0.05, 0.1) is 6.10 Å². The van der Waals surface area contributed by atoms with Crippen LogP contribution in [0.25, 0.3) is 0 Å². The van der Waals surface area contributed by atoms with Crippen LogP contribution in [0, 0.1) is 6.92 Å². The summed E-state index contributed by atoms with van der Waals surface area (Å²) < 4.78 is 0.934. The number of pyridine rings is 1. The third-order valence-corrected chi connectivity index (χ3v) is 3.68. The van der Waals surface area contributed by atoms with Crippen molar-refractivity contribution in [3.05, 3.63) is 62.8 Å². The Morgan fingerprint density at radius 3 is 2.83 bits per heavy atom. The lowest BCUT2D eigenvalue weighted by Crippen LogP contribution is -2.05. The molecule has 0 aliphatic heterocycles. The number of hydrogen-bond donors (Lipinski definition) is 1. The van der Waals surface area contributed by atoms with Crippen LogP contribution in [0.1, 0.15) is 22.9 Å². The van der Waals surface area contributed by atoms with Gasteiger partial charge in [0, 0.05) is 33.4 Å². The fourth-order valence-electron chi connectivity index (χ4n) is 1.85. The average molecular weight is 327 g/mol. The van der Waals surface area contributed by atoms with E-state index in [9.17, 15) is 5.11 Å². The molecule has 1 atom stereocenters. The highest BCUT2D eigenvalue weighted by Crippen LogP contribution is 2.26. The summed E-state index contributed by atoms with van der Waals surface area (Å²) in [6.07, 6.45) is 1.62. The van der Waals surface area contributed by atoms with Gasteiger partial charge in [0.25, 0.3) is 0 Å². The van der Waals surface area contributed by atoms with Crippen LogP contribution >= 0.6 is 27.5 Å². The summed E-state index contributed by atoms with van der Waals surface area (Å²) in [5, 5.41) is 10.9.